The third-order valence-electron chi connectivity index (χ3n) is 4.81. The Hall–Kier alpha value is -2.49. The van der Waals surface area contributed by atoms with Crippen LogP contribution in [-0.2, 0) is 5.75 Å². The molecular weight excluding hydrogens is 458 g/mol. The minimum Gasteiger partial charge on any atom is -0.351 e. The van der Waals surface area contributed by atoms with Gasteiger partial charge in [0.1, 0.15) is 10.7 Å². The monoisotopic (exact) mass is 483 g/mol. The smallest absolute Gasteiger partial charge is 0.270 e. The molecule has 0 unspecified atom stereocenters. The average Bonchev–Trinajstić information content (AvgIpc) is 3.55. The first-order valence-corrected chi connectivity index (χ1v) is 13.3. The molecule has 0 saturated heterocycles. The first kappa shape index (κ1) is 22.7. The fraction of sp³-hybridized carbons (Fsp3) is 0.304. The molecule has 0 aliphatic rings. The lowest BCUT2D eigenvalue weighted by atomic mass is 10.2. The zero-order chi connectivity index (χ0) is 22.3. The van der Waals surface area contributed by atoms with Gasteiger partial charge in [-0.25, -0.2) is 4.98 Å². The standard InChI is InChI=1S/C23H25N5OS3/c1-3-4-5-11-24-22(29)18-14-31-20(25-18)15-32-23-27-26-21(19-10-7-12-30-19)28(23)17-9-6-8-16(2)13-17/h6-10,12-14H,3-5,11,15H2,1-2H3,(H,24,29). The minimum absolute atomic E-state index is 0.100. The molecule has 6 nitrogen and oxygen atoms in total. The predicted molar refractivity (Wildman–Crippen MR) is 133 cm³/mol. The molecule has 166 valence electrons. The van der Waals surface area contributed by atoms with Crippen LogP contribution in [0.3, 0.4) is 0 Å². The Morgan fingerprint density at radius 1 is 1.16 bits per heavy atom. The third-order valence-corrected chi connectivity index (χ3v) is 7.65. The second-order valence-electron chi connectivity index (χ2n) is 7.34. The van der Waals surface area contributed by atoms with E-state index in [-0.39, 0.29) is 5.91 Å². The zero-order valence-electron chi connectivity index (χ0n) is 18.1. The number of unbranched alkanes of at least 4 members (excludes halogenated alkanes) is 2. The van der Waals surface area contributed by atoms with Gasteiger partial charge in [-0.3, -0.25) is 9.36 Å². The number of thiazole rings is 1. The van der Waals surface area contributed by atoms with Gasteiger partial charge >= 0.3 is 0 Å². The van der Waals surface area contributed by atoms with Gasteiger partial charge < -0.3 is 5.32 Å². The molecule has 0 aliphatic carbocycles. The Bertz CT molecular complexity index is 1170. The van der Waals surface area contributed by atoms with Crippen molar-refractivity contribution in [3.63, 3.8) is 0 Å². The van der Waals surface area contributed by atoms with Crippen LogP contribution in [0.4, 0.5) is 0 Å². The molecular formula is C23H25N5OS3. The molecule has 0 aliphatic heterocycles. The number of thiophene rings is 1. The number of carbonyl (C=O) groups is 1. The number of aryl methyl sites for hydroxylation is 1. The number of nitrogens with one attached hydrogen (secondary N) is 1. The highest BCUT2D eigenvalue weighted by atomic mass is 32.2. The molecule has 4 aromatic rings. The van der Waals surface area contributed by atoms with Crippen LogP contribution in [0.2, 0.25) is 0 Å². The SMILES string of the molecule is CCCCCNC(=O)c1csc(CSc2nnc(-c3cccs3)n2-c2cccc(C)c2)n1. The maximum Gasteiger partial charge on any atom is 0.270 e. The predicted octanol–water partition coefficient (Wildman–Crippen LogP) is 5.97. The topological polar surface area (TPSA) is 72.7 Å². The molecule has 0 atom stereocenters. The second-order valence-corrected chi connectivity index (χ2v) is 10.2. The fourth-order valence-corrected chi connectivity index (χ4v) is 5.65. The van der Waals surface area contributed by atoms with Gasteiger partial charge in [-0.1, -0.05) is 49.7 Å². The van der Waals surface area contributed by atoms with Crippen LogP contribution >= 0.6 is 34.4 Å². The largest absolute Gasteiger partial charge is 0.351 e. The zero-order valence-corrected chi connectivity index (χ0v) is 20.5. The van der Waals surface area contributed by atoms with Crippen LogP contribution < -0.4 is 5.32 Å². The lowest BCUT2D eigenvalue weighted by molar-refractivity contribution is 0.0948. The maximum absolute atomic E-state index is 12.3. The average molecular weight is 484 g/mol. The molecule has 0 saturated carbocycles. The number of hydrogen-bond acceptors (Lipinski definition) is 7. The lowest BCUT2D eigenvalue weighted by Gasteiger charge is -2.10. The van der Waals surface area contributed by atoms with Gasteiger partial charge in [0.15, 0.2) is 11.0 Å². The van der Waals surface area contributed by atoms with E-state index in [9.17, 15) is 4.79 Å². The van der Waals surface area contributed by atoms with Gasteiger partial charge in [0.05, 0.1) is 16.3 Å². The molecule has 0 fully saturated rings. The quantitative estimate of drug-likeness (QED) is 0.222. The molecule has 9 heteroatoms. The lowest BCUT2D eigenvalue weighted by Crippen LogP contribution is -2.24. The van der Waals surface area contributed by atoms with Crippen molar-refractivity contribution in [3.8, 4) is 16.4 Å². The van der Waals surface area contributed by atoms with E-state index in [0.717, 1.165) is 45.8 Å². The number of hydrogen-bond donors (Lipinski definition) is 1. The Morgan fingerprint density at radius 3 is 2.84 bits per heavy atom. The molecule has 1 aromatic carbocycles. The number of benzene rings is 1. The van der Waals surface area contributed by atoms with E-state index in [0.29, 0.717) is 18.0 Å². The van der Waals surface area contributed by atoms with Gasteiger partial charge in [-0.15, -0.1) is 32.9 Å². The van der Waals surface area contributed by atoms with E-state index in [1.807, 2.05) is 22.9 Å². The summed E-state index contributed by atoms with van der Waals surface area (Å²) in [6.45, 7) is 4.92. The minimum atomic E-state index is -0.100. The molecule has 1 amide bonds. The molecule has 0 bridgehead atoms. The highest BCUT2D eigenvalue weighted by molar-refractivity contribution is 7.98. The summed E-state index contributed by atoms with van der Waals surface area (Å²) in [7, 11) is 0. The highest BCUT2D eigenvalue weighted by Gasteiger charge is 2.18. The van der Waals surface area contributed by atoms with Gasteiger partial charge in [-0.2, -0.15) is 0 Å². The number of carbonyl (C=O) groups excluding carboxylic acids is 1. The summed E-state index contributed by atoms with van der Waals surface area (Å²) in [5.41, 5.74) is 2.70. The Labute approximate surface area is 200 Å². The van der Waals surface area contributed by atoms with E-state index in [2.05, 4.69) is 63.2 Å². The molecule has 1 N–H and O–H groups in total. The fourth-order valence-electron chi connectivity index (χ4n) is 3.20. The Morgan fingerprint density at radius 2 is 2.06 bits per heavy atom. The van der Waals surface area contributed by atoms with Gasteiger partial charge in [0.2, 0.25) is 0 Å². The Balaban J connectivity index is 1.50. The van der Waals surface area contributed by atoms with Gasteiger partial charge in [0, 0.05) is 11.9 Å². The summed E-state index contributed by atoms with van der Waals surface area (Å²) < 4.78 is 2.10. The highest BCUT2D eigenvalue weighted by Crippen LogP contribution is 2.32. The van der Waals surface area contributed by atoms with Gasteiger partial charge in [-0.05, 0) is 42.5 Å². The maximum atomic E-state index is 12.3. The van der Waals surface area contributed by atoms with Crippen molar-refractivity contribution in [2.75, 3.05) is 6.54 Å². The summed E-state index contributed by atoms with van der Waals surface area (Å²) >= 11 is 4.73. The van der Waals surface area contributed by atoms with Crippen molar-refractivity contribution in [3.05, 3.63) is 63.4 Å². The van der Waals surface area contributed by atoms with Crippen molar-refractivity contribution < 1.29 is 4.79 Å². The third kappa shape index (κ3) is 5.46. The molecule has 0 radical (unpaired) electrons. The summed E-state index contributed by atoms with van der Waals surface area (Å²) in [6.07, 6.45) is 3.25. The van der Waals surface area contributed by atoms with Crippen LogP contribution in [0, 0.1) is 6.92 Å². The van der Waals surface area contributed by atoms with Crippen molar-refractivity contribution in [2.24, 2.45) is 0 Å². The first-order valence-electron chi connectivity index (χ1n) is 10.6. The molecule has 4 rings (SSSR count). The summed E-state index contributed by atoms with van der Waals surface area (Å²) in [5.74, 6) is 1.36. The van der Waals surface area contributed by atoms with Gasteiger partial charge in [0.25, 0.3) is 5.91 Å². The van der Waals surface area contributed by atoms with E-state index in [1.165, 1.54) is 16.9 Å². The Kier molecular flexibility index (Phi) is 7.72. The van der Waals surface area contributed by atoms with Crippen LogP contribution in [0.5, 0.6) is 0 Å². The number of aromatic nitrogens is 4. The van der Waals surface area contributed by atoms with E-state index < -0.39 is 0 Å². The summed E-state index contributed by atoms with van der Waals surface area (Å²) in [6, 6.07) is 12.4. The molecule has 3 aromatic heterocycles. The van der Waals surface area contributed by atoms with Crippen LogP contribution in [-0.4, -0.2) is 32.2 Å². The van der Waals surface area contributed by atoms with Crippen LogP contribution in [0.1, 0.15) is 47.2 Å². The summed E-state index contributed by atoms with van der Waals surface area (Å²) in [4.78, 5) is 17.9. The van der Waals surface area contributed by atoms with E-state index in [1.54, 1.807) is 23.1 Å². The van der Waals surface area contributed by atoms with Crippen molar-refractivity contribution >= 4 is 40.3 Å². The molecule has 32 heavy (non-hydrogen) atoms. The van der Waals surface area contributed by atoms with Crippen molar-refractivity contribution in [2.45, 2.75) is 44.0 Å². The number of amides is 1. The number of rotatable bonds is 10. The summed E-state index contributed by atoms with van der Waals surface area (Å²) in [5, 5.41) is 17.5. The number of thioether (sulfide) groups is 1. The van der Waals surface area contributed by atoms with Crippen LogP contribution in [0.25, 0.3) is 16.4 Å². The van der Waals surface area contributed by atoms with Crippen molar-refractivity contribution in [1.82, 2.24) is 25.1 Å². The van der Waals surface area contributed by atoms with E-state index >= 15 is 0 Å². The van der Waals surface area contributed by atoms with E-state index in [4.69, 9.17) is 0 Å². The van der Waals surface area contributed by atoms with Crippen molar-refractivity contribution in [1.29, 1.82) is 0 Å². The normalized spacial score (nSPS) is 11.1. The van der Waals surface area contributed by atoms with Crippen LogP contribution in [0.15, 0.2) is 52.3 Å². The number of nitrogens with zero attached hydrogens (tertiary/aromatic N) is 4. The second kappa shape index (κ2) is 10.9. The first-order chi connectivity index (χ1) is 15.7. The molecule has 0 spiro atoms. The molecule has 3 heterocycles.